The second-order valence-electron chi connectivity index (χ2n) is 7.16. The third-order valence-electron chi connectivity index (χ3n) is 5.12. The molecule has 7 heteroatoms. The van der Waals surface area contributed by atoms with E-state index >= 15 is 0 Å². The number of nitrogens with zero attached hydrogens (tertiary/aromatic N) is 3. The molecule has 0 N–H and O–H groups in total. The Morgan fingerprint density at radius 1 is 1.07 bits per heavy atom. The highest BCUT2D eigenvalue weighted by molar-refractivity contribution is 7.09. The van der Waals surface area contributed by atoms with Crippen molar-refractivity contribution >= 4 is 28.8 Å². The molecule has 1 amide bonds. The molecule has 1 aromatic heterocycles. The Kier molecular flexibility index (Phi) is 6.67. The van der Waals surface area contributed by atoms with Crippen LogP contribution < -0.4 is 4.74 Å². The Morgan fingerprint density at radius 2 is 1.77 bits per heavy atom. The second kappa shape index (κ2) is 9.60. The van der Waals surface area contributed by atoms with E-state index in [1.807, 2.05) is 60.4 Å². The fraction of sp³-hybridized carbons (Fsp3) is 0.304. The molecule has 1 saturated heterocycles. The zero-order valence-corrected chi connectivity index (χ0v) is 18.5. The average molecular weight is 442 g/mol. The Labute approximate surface area is 185 Å². The van der Waals surface area contributed by atoms with Crippen LogP contribution in [0.5, 0.6) is 5.75 Å². The number of thiazole rings is 1. The van der Waals surface area contributed by atoms with Gasteiger partial charge in [0.1, 0.15) is 10.8 Å². The van der Waals surface area contributed by atoms with E-state index in [9.17, 15) is 4.79 Å². The van der Waals surface area contributed by atoms with Gasteiger partial charge in [-0.1, -0.05) is 23.7 Å². The van der Waals surface area contributed by atoms with Gasteiger partial charge in [0.25, 0.3) is 5.91 Å². The van der Waals surface area contributed by atoms with Crippen LogP contribution in [0.2, 0.25) is 5.02 Å². The molecule has 3 aromatic rings. The van der Waals surface area contributed by atoms with Gasteiger partial charge in [0, 0.05) is 47.7 Å². The molecule has 0 spiro atoms. The first kappa shape index (κ1) is 20.8. The summed E-state index contributed by atoms with van der Waals surface area (Å²) in [5.41, 5.74) is 2.77. The standard InChI is InChI=1S/C23H24ClN3O2S/c1-2-29-20-9-5-18(6-10-20)23(28)27-13-11-26(12-14-27)15-22-25-21(16-30-22)17-3-7-19(24)8-4-17/h3-10,16H,2,11-15H2,1H3. The van der Waals surface area contributed by atoms with Crippen molar-refractivity contribution in [3.63, 3.8) is 0 Å². The van der Waals surface area contributed by atoms with Crippen LogP contribution in [0.3, 0.4) is 0 Å². The van der Waals surface area contributed by atoms with Crippen molar-refractivity contribution in [2.75, 3.05) is 32.8 Å². The van der Waals surface area contributed by atoms with E-state index in [1.54, 1.807) is 11.3 Å². The third kappa shape index (κ3) is 5.01. The number of carbonyl (C=O) groups excluding carboxylic acids is 1. The number of rotatable bonds is 6. The number of carbonyl (C=O) groups is 1. The van der Waals surface area contributed by atoms with Gasteiger partial charge in [-0.3, -0.25) is 9.69 Å². The summed E-state index contributed by atoms with van der Waals surface area (Å²) >= 11 is 7.64. The summed E-state index contributed by atoms with van der Waals surface area (Å²) in [6.07, 6.45) is 0. The minimum absolute atomic E-state index is 0.0805. The summed E-state index contributed by atoms with van der Waals surface area (Å²) in [6, 6.07) is 15.1. The maximum Gasteiger partial charge on any atom is 0.253 e. The normalized spacial score (nSPS) is 14.7. The quantitative estimate of drug-likeness (QED) is 0.550. The zero-order valence-electron chi connectivity index (χ0n) is 16.9. The highest BCUT2D eigenvalue weighted by atomic mass is 35.5. The van der Waals surface area contributed by atoms with Crippen LogP contribution in [-0.4, -0.2) is 53.5 Å². The van der Waals surface area contributed by atoms with Crippen LogP contribution in [0.15, 0.2) is 53.9 Å². The largest absolute Gasteiger partial charge is 0.494 e. The number of benzene rings is 2. The molecule has 2 aromatic carbocycles. The molecule has 0 atom stereocenters. The Bertz CT molecular complexity index is 980. The third-order valence-corrected chi connectivity index (χ3v) is 6.21. The van der Waals surface area contributed by atoms with Gasteiger partial charge < -0.3 is 9.64 Å². The van der Waals surface area contributed by atoms with Crippen molar-refractivity contribution in [2.24, 2.45) is 0 Å². The smallest absolute Gasteiger partial charge is 0.253 e. The van der Waals surface area contributed by atoms with Crippen molar-refractivity contribution in [1.29, 1.82) is 0 Å². The van der Waals surface area contributed by atoms with E-state index < -0.39 is 0 Å². The molecule has 4 rings (SSSR count). The molecule has 0 bridgehead atoms. The van der Waals surface area contributed by atoms with Crippen molar-refractivity contribution in [3.8, 4) is 17.0 Å². The monoisotopic (exact) mass is 441 g/mol. The molecule has 1 aliphatic rings. The molecule has 30 heavy (non-hydrogen) atoms. The molecule has 1 aliphatic heterocycles. The Hall–Kier alpha value is -2.41. The lowest BCUT2D eigenvalue weighted by atomic mass is 10.1. The van der Waals surface area contributed by atoms with Crippen molar-refractivity contribution < 1.29 is 9.53 Å². The molecular weight excluding hydrogens is 418 g/mol. The maximum atomic E-state index is 12.8. The van der Waals surface area contributed by atoms with Gasteiger partial charge in [-0.2, -0.15) is 0 Å². The summed E-state index contributed by atoms with van der Waals surface area (Å²) in [5, 5.41) is 3.91. The minimum atomic E-state index is 0.0805. The first-order valence-electron chi connectivity index (χ1n) is 10.1. The lowest BCUT2D eigenvalue weighted by Crippen LogP contribution is -2.48. The topological polar surface area (TPSA) is 45.7 Å². The van der Waals surface area contributed by atoms with E-state index in [1.165, 1.54) is 0 Å². The summed E-state index contributed by atoms with van der Waals surface area (Å²) in [4.78, 5) is 21.8. The van der Waals surface area contributed by atoms with Crippen LogP contribution in [-0.2, 0) is 6.54 Å². The lowest BCUT2D eigenvalue weighted by molar-refractivity contribution is 0.0628. The maximum absolute atomic E-state index is 12.8. The van der Waals surface area contributed by atoms with Gasteiger partial charge in [0.15, 0.2) is 0 Å². The minimum Gasteiger partial charge on any atom is -0.494 e. The predicted octanol–water partition coefficient (Wildman–Crippen LogP) is 4.82. The SMILES string of the molecule is CCOc1ccc(C(=O)N2CCN(Cc3nc(-c4ccc(Cl)cc4)cs3)CC2)cc1. The van der Waals surface area contributed by atoms with E-state index in [2.05, 4.69) is 10.3 Å². The average Bonchev–Trinajstić information content (AvgIpc) is 3.23. The lowest BCUT2D eigenvalue weighted by Gasteiger charge is -2.34. The van der Waals surface area contributed by atoms with Crippen LogP contribution in [0.4, 0.5) is 0 Å². The molecule has 2 heterocycles. The Morgan fingerprint density at radius 3 is 2.43 bits per heavy atom. The fourth-order valence-electron chi connectivity index (χ4n) is 3.48. The van der Waals surface area contributed by atoms with Crippen LogP contribution in [0.25, 0.3) is 11.3 Å². The number of ether oxygens (including phenoxy) is 1. The van der Waals surface area contributed by atoms with Crippen molar-refractivity contribution in [2.45, 2.75) is 13.5 Å². The number of halogens is 1. The number of amides is 1. The summed E-state index contributed by atoms with van der Waals surface area (Å²) in [5.74, 6) is 0.872. The number of piperazine rings is 1. The highest BCUT2D eigenvalue weighted by Gasteiger charge is 2.23. The molecule has 0 unspecified atom stereocenters. The van der Waals surface area contributed by atoms with Gasteiger partial charge in [-0.25, -0.2) is 4.98 Å². The fourth-order valence-corrected chi connectivity index (χ4v) is 4.45. The Balaban J connectivity index is 1.30. The second-order valence-corrected chi connectivity index (χ2v) is 8.54. The van der Waals surface area contributed by atoms with E-state index in [0.29, 0.717) is 12.2 Å². The summed E-state index contributed by atoms with van der Waals surface area (Å²) in [7, 11) is 0. The molecule has 156 valence electrons. The van der Waals surface area contributed by atoms with Crippen LogP contribution in [0.1, 0.15) is 22.3 Å². The number of hydrogen-bond donors (Lipinski definition) is 0. The van der Waals surface area contributed by atoms with Crippen LogP contribution in [0, 0.1) is 0 Å². The van der Waals surface area contributed by atoms with Gasteiger partial charge >= 0.3 is 0 Å². The van der Waals surface area contributed by atoms with Gasteiger partial charge in [0.05, 0.1) is 18.8 Å². The molecule has 0 saturated carbocycles. The molecular formula is C23H24ClN3O2S. The van der Waals surface area contributed by atoms with Crippen molar-refractivity contribution in [3.05, 3.63) is 69.5 Å². The van der Waals surface area contributed by atoms with Gasteiger partial charge in [-0.05, 0) is 43.3 Å². The number of aromatic nitrogens is 1. The number of hydrogen-bond acceptors (Lipinski definition) is 5. The molecule has 0 aliphatic carbocycles. The van der Waals surface area contributed by atoms with E-state index in [-0.39, 0.29) is 5.91 Å². The van der Waals surface area contributed by atoms with Crippen LogP contribution >= 0.6 is 22.9 Å². The predicted molar refractivity (Wildman–Crippen MR) is 121 cm³/mol. The van der Waals surface area contributed by atoms with Crippen molar-refractivity contribution in [1.82, 2.24) is 14.8 Å². The first-order valence-corrected chi connectivity index (χ1v) is 11.3. The van der Waals surface area contributed by atoms with Gasteiger partial charge in [-0.15, -0.1) is 11.3 Å². The summed E-state index contributed by atoms with van der Waals surface area (Å²) in [6.45, 7) is 6.52. The molecule has 0 radical (unpaired) electrons. The van der Waals surface area contributed by atoms with Gasteiger partial charge in [0.2, 0.25) is 0 Å². The van der Waals surface area contributed by atoms with E-state index in [4.69, 9.17) is 21.3 Å². The highest BCUT2D eigenvalue weighted by Crippen LogP contribution is 2.24. The molecule has 1 fully saturated rings. The van der Waals surface area contributed by atoms with E-state index in [0.717, 1.165) is 59.8 Å². The zero-order chi connectivity index (χ0) is 20.9. The first-order chi connectivity index (χ1) is 14.6. The molecule has 5 nitrogen and oxygen atoms in total. The summed E-state index contributed by atoms with van der Waals surface area (Å²) < 4.78 is 5.45.